The minimum atomic E-state index is -0.103. The topological polar surface area (TPSA) is 78.5 Å². The van der Waals surface area contributed by atoms with Crippen LogP contribution >= 0.6 is 0 Å². The zero-order valence-corrected chi connectivity index (χ0v) is 15.1. The van der Waals surface area contributed by atoms with E-state index in [2.05, 4.69) is 10.6 Å². The van der Waals surface area contributed by atoms with E-state index in [-0.39, 0.29) is 23.6 Å². The summed E-state index contributed by atoms with van der Waals surface area (Å²) in [7, 11) is 0. The second kappa shape index (κ2) is 8.83. The van der Waals surface area contributed by atoms with Crippen LogP contribution in [-0.2, 0) is 9.59 Å². The molecular formula is C20H27N3O3. The fourth-order valence-corrected chi connectivity index (χ4v) is 3.18. The molecule has 6 nitrogen and oxygen atoms in total. The van der Waals surface area contributed by atoms with E-state index < -0.39 is 0 Å². The number of carbonyl (C=O) groups excluding carboxylic acids is 3. The lowest BCUT2D eigenvalue weighted by Crippen LogP contribution is -2.35. The second-order valence-corrected chi connectivity index (χ2v) is 7.15. The molecule has 3 rings (SSSR count). The van der Waals surface area contributed by atoms with Crippen molar-refractivity contribution in [1.82, 2.24) is 10.2 Å². The van der Waals surface area contributed by atoms with Crippen LogP contribution in [0.25, 0.3) is 0 Å². The molecule has 0 unspecified atom stereocenters. The molecule has 140 valence electrons. The van der Waals surface area contributed by atoms with Gasteiger partial charge in [0.1, 0.15) is 0 Å². The van der Waals surface area contributed by atoms with Crippen molar-refractivity contribution >= 4 is 23.4 Å². The summed E-state index contributed by atoms with van der Waals surface area (Å²) in [6.07, 6.45) is 6.21. The number of nitrogens with one attached hydrogen (secondary N) is 2. The van der Waals surface area contributed by atoms with Crippen molar-refractivity contribution in [3.8, 4) is 0 Å². The highest BCUT2D eigenvalue weighted by Gasteiger charge is 2.29. The number of nitrogens with zero attached hydrogens (tertiary/aromatic N) is 1. The molecule has 3 amide bonds. The lowest BCUT2D eigenvalue weighted by atomic mass is 10.1. The maximum atomic E-state index is 12.5. The van der Waals surface area contributed by atoms with Crippen molar-refractivity contribution in [1.29, 1.82) is 0 Å². The summed E-state index contributed by atoms with van der Waals surface area (Å²) in [5.41, 5.74) is 1.25. The van der Waals surface area contributed by atoms with Gasteiger partial charge in [0.15, 0.2) is 0 Å². The van der Waals surface area contributed by atoms with Gasteiger partial charge in [0, 0.05) is 43.2 Å². The van der Waals surface area contributed by atoms with E-state index in [4.69, 9.17) is 0 Å². The number of likely N-dealkylation sites (tertiary alicyclic amines) is 1. The van der Waals surface area contributed by atoms with Crippen LogP contribution < -0.4 is 10.6 Å². The van der Waals surface area contributed by atoms with Crippen LogP contribution in [-0.4, -0.2) is 42.3 Å². The van der Waals surface area contributed by atoms with Gasteiger partial charge in [0.05, 0.1) is 0 Å². The van der Waals surface area contributed by atoms with Gasteiger partial charge in [-0.1, -0.05) is 6.07 Å². The number of hydrogen-bond donors (Lipinski definition) is 2. The van der Waals surface area contributed by atoms with Gasteiger partial charge >= 0.3 is 0 Å². The van der Waals surface area contributed by atoms with Crippen molar-refractivity contribution in [2.45, 2.75) is 44.9 Å². The fourth-order valence-electron chi connectivity index (χ4n) is 3.18. The molecule has 1 saturated carbocycles. The standard InChI is InChI=1S/C20H27N3O3/c24-18(8-5-11-21-19(25)15-9-10-15)22-17-7-4-6-16(14-17)20(26)23-12-2-1-3-13-23/h4,6-7,14-15H,1-3,5,8-13H2,(H,21,25)(H,22,24). The molecule has 26 heavy (non-hydrogen) atoms. The molecule has 2 N–H and O–H groups in total. The minimum absolute atomic E-state index is 0.0311. The Morgan fingerprint density at radius 1 is 1.08 bits per heavy atom. The quantitative estimate of drug-likeness (QED) is 0.736. The van der Waals surface area contributed by atoms with E-state index in [1.807, 2.05) is 4.90 Å². The Morgan fingerprint density at radius 3 is 2.58 bits per heavy atom. The predicted octanol–water partition coefficient (Wildman–Crippen LogP) is 2.56. The fraction of sp³-hybridized carbons (Fsp3) is 0.550. The monoisotopic (exact) mass is 357 g/mol. The third kappa shape index (κ3) is 5.31. The predicted molar refractivity (Wildman–Crippen MR) is 99.8 cm³/mol. The number of benzene rings is 1. The number of hydrogen-bond acceptors (Lipinski definition) is 3. The SMILES string of the molecule is O=C(CCCNC(=O)C1CC1)Nc1cccc(C(=O)N2CCCCC2)c1. The molecule has 0 spiro atoms. The van der Waals surface area contributed by atoms with Crippen molar-refractivity contribution in [2.75, 3.05) is 25.0 Å². The molecule has 1 heterocycles. The first-order chi connectivity index (χ1) is 12.6. The Balaban J connectivity index is 1.44. The summed E-state index contributed by atoms with van der Waals surface area (Å²) >= 11 is 0. The number of piperidine rings is 1. The van der Waals surface area contributed by atoms with Gasteiger partial charge in [-0.05, 0) is 56.7 Å². The molecule has 1 aliphatic heterocycles. The Kier molecular flexibility index (Phi) is 6.26. The Morgan fingerprint density at radius 2 is 1.85 bits per heavy atom. The molecule has 6 heteroatoms. The molecule has 1 aromatic rings. The van der Waals surface area contributed by atoms with Crippen LogP contribution in [0.1, 0.15) is 55.3 Å². The molecular weight excluding hydrogens is 330 g/mol. The first-order valence-electron chi connectivity index (χ1n) is 9.60. The van der Waals surface area contributed by atoms with Crippen molar-refractivity contribution < 1.29 is 14.4 Å². The van der Waals surface area contributed by atoms with Crippen LogP contribution in [0.5, 0.6) is 0 Å². The second-order valence-electron chi connectivity index (χ2n) is 7.15. The third-order valence-corrected chi connectivity index (χ3v) is 4.86. The van der Waals surface area contributed by atoms with Gasteiger partial charge < -0.3 is 15.5 Å². The maximum absolute atomic E-state index is 12.5. The molecule has 2 aliphatic rings. The number of anilines is 1. The summed E-state index contributed by atoms with van der Waals surface area (Å²) in [6, 6.07) is 7.12. The van der Waals surface area contributed by atoms with E-state index in [1.54, 1.807) is 24.3 Å². The highest BCUT2D eigenvalue weighted by molar-refractivity contribution is 5.97. The normalized spacial score (nSPS) is 16.8. The van der Waals surface area contributed by atoms with E-state index in [9.17, 15) is 14.4 Å². The van der Waals surface area contributed by atoms with Crippen molar-refractivity contribution in [3.63, 3.8) is 0 Å². The van der Waals surface area contributed by atoms with Gasteiger partial charge in [-0.25, -0.2) is 0 Å². The van der Waals surface area contributed by atoms with Crippen LogP contribution in [0.3, 0.4) is 0 Å². The van der Waals surface area contributed by atoms with Gasteiger partial charge in [-0.3, -0.25) is 14.4 Å². The number of amides is 3. The van der Waals surface area contributed by atoms with E-state index in [0.29, 0.717) is 30.6 Å². The van der Waals surface area contributed by atoms with Crippen molar-refractivity contribution in [2.24, 2.45) is 5.92 Å². The highest BCUT2D eigenvalue weighted by Crippen LogP contribution is 2.28. The van der Waals surface area contributed by atoms with Crippen LogP contribution in [0.2, 0.25) is 0 Å². The largest absolute Gasteiger partial charge is 0.356 e. The van der Waals surface area contributed by atoms with E-state index in [1.165, 1.54) is 6.42 Å². The summed E-state index contributed by atoms with van der Waals surface area (Å²) in [4.78, 5) is 38.0. The summed E-state index contributed by atoms with van der Waals surface area (Å²) < 4.78 is 0. The Hall–Kier alpha value is -2.37. The average molecular weight is 357 g/mol. The molecule has 1 aromatic carbocycles. The summed E-state index contributed by atoms with van der Waals surface area (Å²) in [5.74, 6) is 0.232. The van der Waals surface area contributed by atoms with Crippen LogP contribution in [0, 0.1) is 5.92 Å². The molecule has 1 saturated heterocycles. The van der Waals surface area contributed by atoms with E-state index >= 15 is 0 Å². The highest BCUT2D eigenvalue weighted by atomic mass is 16.2. The molecule has 0 bridgehead atoms. The summed E-state index contributed by atoms with van der Waals surface area (Å²) in [6.45, 7) is 2.14. The molecule has 1 aliphatic carbocycles. The lowest BCUT2D eigenvalue weighted by Gasteiger charge is -2.26. The number of rotatable bonds is 7. The zero-order chi connectivity index (χ0) is 18.4. The lowest BCUT2D eigenvalue weighted by molar-refractivity contribution is -0.122. The smallest absolute Gasteiger partial charge is 0.253 e. The average Bonchev–Trinajstić information content (AvgIpc) is 3.51. The molecule has 0 atom stereocenters. The van der Waals surface area contributed by atoms with E-state index in [0.717, 1.165) is 38.8 Å². The van der Waals surface area contributed by atoms with Gasteiger partial charge in [-0.15, -0.1) is 0 Å². The first kappa shape index (κ1) is 18.4. The number of carbonyl (C=O) groups is 3. The summed E-state index contributed by atoms with van der Waals surface area (Å²) in [5, 5.41) is 5.70. The molecule has 0 aromatic heterocycles. The Labute approximate surface area is 154 Å². The maximum Gasteiger partial charge on any atom is 0.253 e. The van der Waals surface area contributed by atoms with Gasteiger partial charge in [0.25, 0.3) is 5.91 Å². The first-order valence-corrected chi connectivity index (χ1v) is 9.60. The Bertz CT molecular complexity index is 664. The molecule has 2 fully saturated rings. The van der Waals surface area contributed by atoms with Crippen molar-refractivity contribution in [3.05, 3.63) is 29.8 Å². The third-order valence-electron chi connectivity index (χ3n) is 4.86. The van der Waals surface area contributed by atoms with Crippen LogP contribution in [0.15, 0.2) is 24.3 Å². The van der Waals surface area contributed by atoms with Crippen LogP contribution in [0.4, 0.5) is 5.69 Å². The van der Waals surface area contributed by atoms with Gasteiger partial charge in [-0.2, -0.15) is 0 Å². The zero-order valence-electron chi connectivity index (χ0n) is 15.1. The minimum Gasteiger partial charge on any atom is -0.356 e. The molecule has 0 radical (unpaired) electrons. The van der Waals surface area contributed by atoms with Gasteiger partial charge in [0.2, 0.25) is 11.8 Å².